The van der Waals surface area contributed by atoms with Crippen molar-refractivity contribution in [1.29, 1.82) is 0 Å². The van der Waals surface area contributed by atoms with E-state index in [2.05, 4.69) is 0 Å². The zero-order valence-corrected chi connectivity index (χ0v) is 15.0. The van der Waals surface area contributed by atoms with Crippen LogP contribution in [0.5, 0.6) is 0 Å². The smallest absolute Gasteiger partial charge is 0.545 e. The average molecular weight is 311 g/mol. The predicted molar refractivity (Wildman–Crippen MR) is 73.3 cm³/mol. The molecule has 0 saturated heterocycles. The molecule has 2 rings (SSSR count). The molecule has 5 nitrogen and oxygen atoms in total. The monoisotopic (exact) mass is 311 g/mol. The molecule has 0 aromatic heterocycles. The number of anilines is 1. The summed E-state index contributed by atoms with van der Waals surface area (Å²) in [4.78, 5) is 20.5. The van der Waals surface area contributed by atoms with Crippen molar-refractivity contribution in [3.05, 3.63) is 65.2 Å². The number of hydrogen-bond acceptors (Lipinski definition) is 4. The average Bonchev–Trinajstić information content (AvgIpc) is 2.43. The number of carboxylic acid groups (broad SMARTS) is 2. The van der Waals surface area contributed by atoms with Gasteiger partial charge in [-0.2, -0.15) is 0 Å². The number of hydrogen-bond donors (Lipinski definition) is 2. The number of nitrogens with two attached hydrogens (primary N) is 1. The molecule has 0 saturated carbocycles. The summed E-state index contributed by atoms with van der Waals surface area (Å²) in [7, 11) is 0. The third-order valence-corrected chi connectivity index (χ3v) is 2.56. The summed E-state index contributed by atoms with van der Waals surface area (Å²) in [6.45, 7) is 2.00. The second-order valence-corrected chi connectivity index (χ2v) is 4.03. The molecule has 0 atom stereocenters. The molecule has 6 heteroatoms. The van der Waals surface area contributed by atoms with Gasteiger partial charge in [-0.05, 0) is 36.2 Å². The van der Waals surface area contributed by atoms with Crippen LogP contribution in [0.1, 0.15) is 26.3 Å². The van der Waals surface area contributed by atoms with Crippen LogP contribution in [0.15, 0.2) is 48.5 Å². The minimum atomic E-state index is -1.31. The third kappa shape index (κ3) is 6.88. The molecule has 0 aliphatic rings. The zero-order chi connectivity index (χ0) is 15.1. The van der Waals surface area contributed by atoms with Gasteiger partial charge in [-0.25, -0.2) is 4.79 Å². The molecule has 0 aliphatic carbocycles. The molecule has 2 aromatic rings. The Balaban J connectivity index is 0.000000390. The van der Waals surface area contributed by atoms with E-state index in [9.17, 15) is 14.7 Å². The summed E-state index contributed by atoms with van der Waals surface area (Å²) in [5.41, 5.74) is 7.56. The van der Waals surface area contributed by atoms with E-state index >= 15 is 0 Å². The van der Waals surface area contributed by atoms with E-state index in [-0.39, 0.29) is 62.5 Å². The number of para-hydroxylation sites is 1. The van der Waals surface area contributed by atoms with E-state index in [1.165, 1.54) is 24.3 Å². The van der Waals surface area contributed by atoms with Crippen molar-refractivity contribution in [3.8, 4) is 0 Å². The maximum atomic E-state index is 10.3. The number of aromatic carboxylic acids is 2. The first-order valence-electron chi connectivity index (χ1n) is 5.77. The fraction of sp³-hybridized carbons (Fsp3) is 0.0667. The van der Waals surface area contributed by atoms with E-state index in [1.807, 2.05) is 31.2 Å². The second kappa shape index (κ2) is 9.70. The van der Waals surface area contributed by atoms with Gasteiger partial charge in [0, 0.05) is 5.69 Å². The van der Waals surface area contributed by atoms with Gasteiger partial charge in [0.2, 0.25) is 0 Å². The van der Waals surface area contributed by atoms with Crippen molar-refractivity contribution in [2.45, 2.75) is 6.92 Å². The molecular weight excluding hydrogens is 297 g/mol. The molecule has 0 fully saturated rings. The first-order valence-corrected chi connectivity index (χ1v) is 5.77. The normalized spacial score (nSPS) is 8.81. The van der Waals surface area contributed by atoms with E-state index in [0.717, 1.165) is 11.3 Å². The van der Waals surface area contributed by atoms with Gasteiger partial charge in [-0.3, -0.25) is 0 Å². The Kier molecular flexibility index (Phi) is 9.15. The fourth-order valence-electron chi connectivity index (χ4n) is 1.34. The van der Waals surface area contributed by atoms with Gasteiger partial charge < -0.3 is 20.7 Å². The van der Waals surface area contributed by atoms with Crippen LogP contribution in [-0.2, 0) is 0 Å². The van der Waals surface area contributed by atoms with Gasteiger partial charge in [0.25, 0.3) is 0 Å². The summed E-state index contributed by atoms with van der Waals surface area (Å²) in [5, 5.41) is 18.7. The summed E-state index contributed by atoms with van der Waals surface area (Å²) in [5.74, 6) is -2.40. The first-order chi connectivity index (χ1) is 9.41. The van der Waals surface area contributed by atoms with Gasteiger partial charge >= 0.3 is 57.4 Å². The SMILES string of the molecule is Cc1ccccc1N.O=C([O-])c1ccc(C(=O)O)cc1.[K+]. The van der Waals surface area contributed by atoms with E-state index in [1.54, 1.807) is 0 Å². The quantitative estimate of drug-likeness (QED) is 0.510. The first kappa shape index (κ1) is 19.8. The Morgan fingerprint density at radius 3 is 1.81 bits per heavy atom. The molecule has 21 heavy (non-hydrogen) atoms. The van der Waals surface area contributed by atoms with Crippen molar-refractivity contribution in [1.82, 2.24) is 0 Å². The maximum Gasteiger partial charge on any atom is 1.00 e. The summed E-state index contributed by atoms with van der Waals surface area (Å²) >= 11 is 0. The van der Waals surface area contributed by atoms with E-state index in [0.29, 0.717) is 0 Å². The second-order valence-electron chi connectivity index (χ2n) is 4.03. The predicted octanol–water partition coefficient (Wildman–Crippen LogP) is -1.67. The minimum Gasteiger partial charge on any atom is -0.545 e. The molecule has 0 spiro atoms. The topological polar surface area (TPSA) is 103 Å². The van der Waals surface area contributed by atoms with Gasteiger partial charge in [0.1, 0.15) is 0 Å². The van der Waals surface area contributed by atoms with Crippen molar-refractivity contribution >= 4 is 17.6 Å². The van der Waals surface area contributed by atoms with Crippen LogP contribution in [0.4, 0.5) is 5.69 Å². The number of carbonyl (C=O) groups is 2. The van der Waals surface area contributed by atoms with Crippen molar-refractivity contribution < 1.29 is 71.2 Å². The van der Waals surface area contributed by atoms with Crippen LogP contribution in [-0.4, -0.2) is 17.0 Å². The molecule has 2 aromatic carbocycles. The Morgan fingerprint density at radius 1 is 1.00 bits per heavy atom. The third-order valence-electron chi connectivity index (χ3n) is 2.56. The van der Waals surface area contributed by atoms with Crippen LogP contribution in [0.2, 0.25) is 0 Å². The number of aryl methyl sites for hydroxylation is 1. The number of carbonyl (C=O) groups excluding carboxylic acids is 1. The summed E-state index contributed by atoms with van der Waals surface area (Å²) in [6.07, 6.45) is 0. The van der Waals surface area contributed by atoms with Gasteiger partial charge in [0.15, 0.2) is 0 Å². The number of benzene rings is 2. The van der Waals surface area contributed by atoms with Gasteiger partial charge in [0.05, 0.1) is 11.5 Å². The standard InChI is InChI=1S/C8H6O4.C7H9N.K/c9-7(10)5-1-2-6(4-3-5)8(11)12;1-6-4-2-3-5-7(6)8;/h1-4H,(H,9,10)(H,11,12);2-5H,8H2,1H3;/q;;+1/p-1. The van der Waals surface area contributed by atoms with Crippen molar-refractivity contribution in [3.63, 3.8) is 0 Å². The van der Waals surface area contributed by atoms with Gasteiger partial charge in [-0.15, -0.1) is 0 Å². The van der Waals surface area contributed by atoms with Crippen LogP contribution in [0, 0.1) is 6.92 Å². The van der Waals surface area contributed by atoms with Crippen molar-refractivity contribution in [2.24, 2.45) is 0 Å². The van der Waals surface area contributed by atoms with Crippen LogP contribution in [0.3, 0.4) is 0 Å². The molecule has 0 aliphatic heterocycles. The van der Waals surface area contributed by atoms with Crippen LogP contribution >= 0.6 is 0 Å². The van der Waals surface area contributed by atoms with E-state index < -0.39 is 11.9 Å². The zero-order valence-electron chi connectivity index (χ0n) is 11.9. The summed E-state index contributed by atoms with van der Waals surface area (Å²) in [6, 6.07) is 12.6. The molecule has 3 N–H and O–H groups in total. The largest absolute Gasteiger partial charge is 1.00 e. The Labute approximate surface area is 165 Å². The molecule has 0 amide bonds. The molecule has 0 bridgehead atoms. The Morgan fingerprint density at radius 2 is 1.48 bits per heavy atom. The molecule has 0 heterocycles. The van der Waals surface area contributed by atoms with Crippen molar-refractivity contribution in [2.75, 3.05) is 5.73 Å². The Hall–Kier alpha value is -1.18. The maximum absolute atomic E-state index is 10.3. The van der Waals surface area contributed by atoms with Crippen LogP contribution in [0.25, 0.3) is 0 Å². The number of rotatable bonds is 2. The van der Waals surface area contributed by atoms with Gasteiger partial charge in [-0.1, -0.05) is 30.3 Å². The fourth-order valence-corrected chi connectivity index (χ4v) is 1.34. The van der Waals surface area contributed by atoms with Crippen LogP contribution < -0.4 is 62.2 Å². The molecule has 104 valence electrons. The molecule has 0 unspecified atom stereocenters. The minimum absolute atomic E-state index is 0. The van der Waals surface area contributed by atoms with E-state index in [4.69, 9.17) is 10.8 Å². The Bertz CT molecular complexity index is 557. The summed E-state index contributed by atoms with van der Waals surface area (Å²) < 4.78 is 0. The molecule has 0 radical (unpaired) electrons. The number of carboxylic acids is 2. The number of nitrogen functional groups attached to an aromatic ring is 1. The molecular formula is C15H14KNO4.